The second kappa shape index (κ2) is 2.48. The summed E-state index contributed by atoms with van der Waals surface area (Å²) < 4.78 is 0. The Kier molecular flexibility index (Phi) is 1.88. The van der Waals surface area contributed by atoms with Crippen LogP contribution >= 0.6 is 12.6 Å². The van der Waals surface area contributed by atoms with Crippen molar-refractivity contribution in [2.24, 2.45) is 0 Å². The summed E-state index contributed by atoms with van der Waals surface area (Å²) in [6.45, 7) is 0.747. The number of carbonyl (C=O) groups is 1. The third-order valence-corrected chi connectivity index (χ3v) is 1.30. The van der Waals surface area contributed by atoms with Gasteiger partial charge in [0.25, 0.3) is 0 Å². The first-order valence-electron chi connectivity index (χ1n) is 2.42. The molecule has 1 N–H and O–H groups in total. The predicted octanol–water partition coefficient (Wildman–Crippen LogP) is -0.264. The Morgan fingerprint density at radius 1 is 1.88 bits per heavy atom. The average molecular weight is 133 g/mol. The average Bonchev–Trinajstić information content (AvgIpc) is 2.12. The zero-order chi connectivity index (χ0) is 5.98. The Balaban J connectivity index is 2.35. The van der Waals surface area contributed by atoms with Gasteiger partial charge in [0.05, 0.1) is 0 Å². The molecule has 0 amide bonds. The van der Waals surface area contributed by atoms with Crippen LogP contribution in [0.25, 0.3) is 0 Å². The predicted molar refractivity (Wildman–Crippen MR) is 31.5 cm³/mol. The molecular formula is C4H7NO2S. The van der Waals surface area contributed by atoms with Crippen LogP contribution in [0.1, 0.15) is 6.42 Å². The standard InChI is InChI=1S/C4H7NO2S/c6-4(8)3-1-2-5-7-3/h3,5H,1-2H2,(H,6,8). The van der Waals surface area contributed by atoms with Crippen molar-refractivity contribution in [2.45, 2.75) is 12.5 Å². The van der Waals surface area contributed by atoms with E-state index in [1.807, 2.05) is 0 Å². The van der Waals surface area contributed by atoms with E-state index in [-0.39, 0.29) is 11.2 Å². The summed E-state index contributed by atoms with van der Waals surface area (Å²) in [5.41, 5.74) is 2.58. The van der Waals surface area contributed by atoms with Crippen LogP contribution in [0.3, 0.4) is 0 Å². The van der Waals surface area contributed by atoms with E-state index in [4.69, 9.17) is 4.84 Å². The number of hydrogen-bond acceptors (Lipinski definition) is 3. The Morgan fingerprint density at radius 3 is 2.88 bits per heavy atom. The van der Waals surface area contributed by atoms with Crippen molar-refractivity contribution in [3.63, 3.8) is 0 Å². The van der Waals surface area contributed by atoms with Crippen LogP contribution in [0.15, 0.2) is 0 Å². The molecule has 1 saturated heterocycles. The van der Waals surface area contributed by atoms with E-state index in [0.29, 0.717) is 0 Å². The number of thiol groups is 1. The van der Waals surface area contributed by atoms with Gasteiger partial charge in [0.2, 0.25) is 5.12 Å². The van der Waals surface area contributed by atoms with Gasteiger partial charge in [-0.05, 0) is 6.42 Å². The number of carbonyl (C=O) groups excluding carboxylic acids is 1. The Hall–Kier alpha value is -0.0600. The van der Waals surface area contributed by atoms with Crippen LogP contribution in [0.5, 0.6) is 0 Å². The fraction of sp³-hybridized carbons (Fsp3) is 0.750. The van der Waals surface area contributed by atoms with Crippen molar-refractivity contribution in [1.29, 1.82) is 0 Å². The van der Waals surface area contributed by atoms with E-state index < -0.39 is 0 Å². The zero-order valence-electron chi connectivity index (χ0n) is 4.26. The summed E-state index contributed by atoms with van der Waals surface area (Å²) in [6.07, 6.45) is 0.417. The molecule has 0 bridgehead atoms. The van der Waals surface area contributed by atoms with E-state index in [2.05, 4.69) is 18.1 Å². The molecule has 1 aliphatic heterocycles. The fourth-order valence-corrected chi connectivity index (χ4v) is 0.764. The summed E-state index contributed by atoms with van der Waals surface area (Å²) in [4.78, 5) is 15.1. The molecular weight excluding hydrogens is 126 g/mol. The Morgan fingerprint density at radius 2 is 2.62 bits per heavy atom. The molecule has 1 heterocycles. The molecule has 1 fully saturated rings. The van der Waals surface area contributed by atoms with Crippen LogP contribution in [0.2, 0.25) is 0 Å². The monoisotopic (exact) mass is 133 g/mol. The molecule has 8 heavy (non-hydrogen) atoms. The summed E-state index contributed by atoms with van der Waals surface area (Å²) >= 11 is 3.59. The minimum Gasteiger partial charge on any atom is -0.290 e. The highest BCUT2D eigenvalue weighted by Crippen LogP contribution is 2.05. The molecule has 1 atom stereocenters. The topological polar surface area (TPSA) is 38.3 Å². The van der Waals surface area contributed by atoms with Crippen molar-refractivity contribution in [3.8, 4) is 0 Å². The lowest BCUT2D eigenvalue weighted by atomic mass is 10.3. The highest BCUT2D eigenvalue weighted by molar-refractivity contribution is 7.96. The van der Waals surface area contributed by atoms with Crippen molar-refractivity contribution >= 4 is 17.7 Å². The largest absolute Gasteiger partial charge is 0.290 e. The maximum atomic E-state index is 10.3. The minimum atomic E-state index is -0.321. The molecule has 0 saturated carbocycles. The summed E-state index contributed by atoms with van der Waals surface area (Å²) in [6, 6.07) is 0. The summed E-state index contributed by atoms with van der Waals surface area (Å²) in [5.74, 6) is 0. The summed E-state index contributed by atoms with van der Waals surface area (Å²) in [5, 5.41) is -0.199. The smallest absolute Gasteiger partial charge is 0.216 e. The maximum Gasteiger partial charge on any atom is 0.216 e. The van der Waals surface area contributed by atoms with Gasteiger partial charge in [0.15, 0.2) is 0 Å². The van der Waals surface area contributed by atoms with Gasteiger partial charge in [-0.3, -0.25) is 9.63 Å². The van der Waals surface area contributed by atoms with Crippen molar-refractivity contribution < 1.29 is 9.63 Å². The lowest BCUT2D eigenvalue weighted by molar-refractivity contribution is -0.121. The van der Waals surface area contributed by atoms with Gasteiger partial charge >= 0.3 is 0 Å². The number of nitrogens with one attached hydrogen (secondary N) is 1. The first-order valence-corrected chi connectivity index (χ1v) is 2.87. The zero-order valence-corrected chi connectivity index (χ0v) is 5.15. The van der Waals surface area contributed by atoms with Crippen LogP contribution in [0, 0.1) is 0 Å². The van der Waals surface area contributed by atoms with E-state index >= 15 is 0 Å². The normalized spacial score (nSPS) is 28.4. The van der Waals surface area contributed by atoms with Gasteiger partial charge in [-0.1, -0.05) is 0 Å². The maximum absolute atomic E-state index is 10.3. The molecule has 4 heteroatoms. The van der Waals surface area contributed by atoms with Crippen molar-refractivity contribution in [1.82, 2.24) is 5.48 Å². The third kappa shape index (κ3) is 1.21. The second-order valence-electron chi connectivity index (χ2n) is 1.63. The third-order valence-electron chi connectivity index (χ3n) is 1.01. The Bertz CT molecular complexity index is 100. The van der Waals surface area contributed by atoms with Gasteiger partial charge in [0.1, 0.15) is 6.10 Å². The molecule has 0 aliphatic carbocycles. The quantitative estimate of drug-likeness (QED) is 0.484. The van der Waals surface area contributed by atoms with E-state index in [0.717, 1.165) is 13.0 Å². The van der Waals surface area contributed by atoms with E-state index in [1.165, 1.54) is 0 Å². The minimum absolute atomic E-state index is 0.199. The molecule has 3 nitrogen and oxygen atoms in total. The molecule has 46 valence electrons. The lowest BCUT2D eigenvalue weighted by Gasteiger charge is -1.98. The van der Waals surface area contributed by atoms with E-state index in [1.54, 1.807) is 0 Å². The van der Waals surface area contributed by atoms with Gasteiger partial charge < -0.3 is 0 Å². The molecule has 0 aromatic heterocycles. The lowest BCUT2D eigenvalue weighted by Crippen LogP contribution is -2.15. The van der Waals surface area contributed by atoms with Gasteiger partial charge in [0, 0.05) is 6.54 Å². The molecule has 1 unspecified atom stereocenters. The van der Waals surface area contributed by atoms with Gasteiger partial charge in [-0.15, -0.1) is 12.6 Å². The SMILES string of the molecule is O=C(S)C1CCNO1. The molecule has 0 radical (unpaired) electrons. The highest BCUT2D eigenvalue weighted by atomic mass is 32.1. The van der Waals surface area contributed by atoms with Crippen molar-refractivity contribution in [3.05, 3.63) is 0 Å². The first kappa shape index (κ1) is 6.07. The molecule has 1 rings (SSSR count). The number of hydroxylamine groups is 1. The number of rotatable bonds is 1. The fourth-order valence-electron chi connectivity index (χ4n) is 0.582. The number of hydrogen-bond donors (Lipinski definition) is 2. The molecule has 0 spiro atoms. The van der Waals surface area contributed by atoms with Crippen LogP contribution in [-0.4, -0.2) is 17.8 Å². The second-order valence-corrected chi connectivity index (χ2v) is 2.07. The van der Waals surface area contributed by atoms with Crippen LogP contribution in [0.4, 0.5) is 0 Å². The Labute approximate surface area is 52.8 Å². The van der Waals surface area contributed by atoms with Gasteiger partial charge in [-0.25, -0.2) is 5.48 Å². The van der Waals surface area contributed by atoms with E-state index in [9.17, 15) is 4.79 Å². The van der Waals surface area contributed by atoms with Gasteiger partial charge in [-0.2, -0.15) is 0 Å². The van der Waals surface area contributed by atoms with Crippen LogP contribution < -0.4 is 5.48 Å². The van der Waals surface area contributed by atoms with Crippen LogP contribution in [-0.2, 0) is 9.63 Å². The first-order chi connectivity index (χ1) is 3.80. The molecule has 0 aromatic carbocycles. The highest BCUT2D eigenvalue weighted by Gasteiger charge is 2.20. The van der Waals surface area contributed by atoms with Crippen molar-refractivity contribution in [2.75, 3.05) is 6.54 Å². The summed E-state index contributed by atoms with van der Waals surface area (Å²) in [7, 11) is 0. The molecule has 0 aromatic rings. The molecule has 1 aliphatic rings.